The Hall–Kier alpha value is -4.47. The number of rotatable bonds is 7. The van der Waals surface area contributed by atoms with Gasteiger partial charge in [-0.05, 0) is 105 Å². The molecule has 4 aromatic rings. The molecule has 0 spiro atoms. The number of ether oxygens (including phenoxy) is 1. The normalized spacial score (nSPS) is 18.9. The summed E-state index contributed by atoms with van der Waals surface area (Å²) in [6, 6.07) is 11.7. The Balaban J connectivity index is 1.01. The average Bonchev–Trinajstić information content (AvgIpc) is 3.40. The number of aryl methyl sites for hydroxylation is 2. The molecule has 41 heavy (non-hydrogen) atoms. The first-order valence-corrected chi connectivity index (χ1v) is 14.3. The van der Waals surface area contributed by atoms with Gasteiger partial charge in [-0.3, -0.25) is 9.89 Å². The van der Waals surface area contributed by atoms with Gasteiger partial charge < -0.3 is 20.3 Å². The van der Waals surface area contributed by atoms with Crippen molar-refractivity contribution in [3.05, 3.63) is 71.4 Å². The smallest absolute Gasteiger partial charge is 0.322 e. The molecule has 1 saturated carbocycles. The molecule has 10 heteroatoms. The minimum absolute atomic E-state index is 0.0102. The highest BCUT2D eigenvalue weighted by atomic mass is 16.5. The lowest BCUT2D eigenvalue weighted by Gasteiger charge is -2.36. The molecular weight excluding hydrogens is 518 g/mol. The van der Waals surface area contributed by atoms with Crippen molar-refractivity contribution in [2.45, 2.75) is 57.9 Å². The van der Waals surface area contributed by atoms with Crippen LogP contribution in [0, 0.1) is 12.8 Å². The molecule has 1 aliphatic carbocycles. The van der Waals surface area contributed by atoms with Gasteiger partial charge in [0.05, 0.1) is 18.8 Å². The quantitative estimate of drug-likeness (QED) is 0.277. The third kappa shape index (κ3) is 5.86. The standard InChI is InChI=1S/C31H35N7O3/c1-19-13-24(14-22-17-34-37-29(19)22)35-30(39)28-16-23(32-18-33-28)6-3-20-4-7-25(8-5-20)38-12-11-21-15-26(41-2)9-10-27(21)36-31(38)40/h9-10,13-18,20,25H,3-8,11-12H2,1-2H3,(H,34,37)(H,35,39)(H,36,40). The second-order valence-electron chi connectivity index (χ2n) is 11.1. The minimum Gasteiger partial charge on any atom is -0.497 e. The lowest BCUT2D eigenvalue weighted by Crippen LogP contribution is -2.44. The van der Waals surface area contributed by atoms with E-state index in [2.05, 4.69) is 30.8 Å². The molecule has 3 N–H and O–H groups in total. The van der Waals surface area contributed by atoms with Crippen molar-refractivity contribution in [3.63, 3.8) is 0 Å². The predicted octanol–water partition coefficient (Wildman–Crippen LogP) is 5.50. The van der Waals surface area contributed by atoms with E-state index in [1.54, 1.807) is 19.4 Å². The highest BCUT2D eigenvalue weighted by Gasteiger charge is 2.30. The molecule has 2 aromatic carbocycles. The van der Waals surface area contributed by atoms with Gasteiger partial charge in [0.25, 0.3) is 5.91 Å². The van der Waals surface area contributed by atoms with E-state index < -0.39 is 0 Å². The number of aromatic amines is 1. The maximum atomic E-state index is 13.0. The summed E-state index contributed by atoms with van der Waals surface area (Å²) < 4.78 is 5.36. The zero-order valence-electron chi connectivity index (χ0n) is 23.4. The first kappa shape index (κ1) is 26.7. The number of methoxy groups -OCH3 is 1. The lowest BCUT2D eigenvalue weighted by molar-refractivity contribution is 0.102. The van der Waals surface area contributed by atoms with Crippen molar-refractivity contribution >= 4 is 34.2 Å². The van der Waals surface area contributed by atoms with E-state index >= 15 is 0 Å². The van der Waals surface area contributed by atoms with Gasteiger partial charge >= 0.3 is 6.03 Å². The van der Waals surface area contributed by atoms with Crippen molar-refractivity contribution in [2.75, 3.05) is 24.3 Å². The molecule has 0 atom stereocenters. The first-order valence-electron chi connectivity index (χ1n) is 14.3. The number of nitrogens with zero attached hydrogens (tertiary/aromatic N) is 4. The third-order valence-electron chi connectivity index (χ3n) is 8.46. The van der Waals surface area contributed by atoms with E-state index in [1.165, 1.54) is 6.33 Å². The monoisotopic (exact) mass is 553 g/mol. The molecule has 1 aliphatic heterocycles. The molecule has 3 amide bonds. The number of nitrogens with one attached hydrogen (secondary N) is 3. The maximum Gasteiger partial charge on any atom is 0.322 e. The number of hydrogen-bond donors (Lipinski definition) is 3. The van der Waals surface area contributed by atoms with E-state index in [9.17, 15) is 9.59 Å². The summed E-state index contributed by atoms with van der Waals surface area (Å²) >= 11 is 0. The fourth-order valence-electron chi connectivity index (χ4n) is 6.16. The van der Waals surface area contributed by atoms with Crippen LogP contribution >= 0.6 is 0 Å². The van der Waals surface area contributed by atoms with E-state index in [0.29, 0.717) is 23.8 Å². The summed E-state index contributed by atoms with van der Waals surface area (Å²) in [6.07, 6.45) is 9.95. The van der Waals surface area contributed by atoms with Gasteiger partial charge in [0.1, 0.15) is 17.8 Å². The number of fused-ring (bicyclic) bond motifs is 2. The SMILES string of the molecule is COc1ccc2c(c1)CCN(C1CCC(CCc3cc(C(=O)Nc4cc(C)c5[nH]ncc5c4)ncn3)CC1)C(=O)N2. The number of H-pyrrole nitrogens is 1. The highest BCUT2D eigenvalue weighted by molar-refractivity contribution is 6.04. The Bertz CT molecular complexity index is 1580. The highest BCUT2D eigenvalue weighted by Crippen LogP contribution is 2.33. The molecule has 0 saturated heterocycles. The zero-order valence-corrected chi connectivity index (χ0v) is 23.4. The number of carbonyl (C=O) groups excluding carboxylic acids is 2. The van der Waals surface area contributed by atoms with Gasteiger partial charge in [0.2, 0.25) is 0 Å². The summed E-state index contributed by atoms with van der Waals surface area (Å²) in [7, 11) is 1.66. The maximum absolute atomic E-state index is 13.0. The van der Waals surface area contributed by atoms with Crippen LogP contribution in [0.25, 0.3) is 10.9 Å². The fraction of sp³-hybridized carbons (Fsp3) is 0.387. The van der Waals surface area contributed by atoms with Gasteiger partial charge in [0, 0.05) is 35.0 Å². The second-order valence-corrected chi connectivity index (χ2v) is 11.1. The van der Waals surface area contributed by atoms with E-state index in [0.717, 1.165) is 84.1 Å². The largest absolute Gasteiger partial charge is 0.497 e. The van der Waals surface area contributed by atoms with Crippen LogP contribution in [0.4, 0.5) is 16.2 Å². The number of anilines is 2. The Kier molecular flexibility index (Phi) is 7.54. The number of aromatic nitrogens is 4. The van der Waals surface area contributed by atoms with E-state index in [-0.39, 0.29) is 18.0 Å². The summed E-state index contributed by atoms with van der Waals surface area (Å²) in [4.78, 5) is 36.6. The summed E-state index contributed by atoms with van der Waals surface area (Å²) in [5, 5.41) is 14.0. The third-order valence-corrected chi connectivity index (χ3v) is 8.46. The molecule has 0 unspecified atom stereocenters. The van der Waals surface area contributed by atoms with Gasteiger partial charge in [-0.15, -0.1) is 0 Å². The van der Waals surface area contributed by atoms with E-state index in [4.69, 9.17) is 4.74 Å². The molecular formula is C31H35N7O3. The average molecular weight is 554 g/mol. The number of benzene rings is 2. The van der Waals surface area contributed by atoms with Crippen LogP contribution in [-0.4, -0.2) is 56.7 Å². The van der Waals surface area contributed by atoms with Gasteiger partial charge in [-0.25, -0.2) is 14.8 Å². The second kappa shape index (κ2) is 11.6. The fourth-order valence-corrected chi connectivity index (χ4v) is 6.16. The molecule has 1 fully saturated rings. The Morgan fingerprint density at radius 3 is 2.80 bits per heavy atom. The van der Waals surface area contributed by atoms with Crippen LogP contribution in [0.3, 0.4) is 0 Å². The van der Waals surface area contributed by atoms with Crippen molar-refractivity contribution in [1.29, 1.82) is 0 Å². The molecule has 212 valence electrons. The molecule has 0 radical (unpaired) electrons. The first-order chi connectivity index (χ1) is 20.0. The van der Waals surface area contributed by atoms with Crippen molar-refractivity contribution < 1.29 is 14.3 Å². The van der Waals surface area contributed by atoms with Crippen LogP contribution < -0.4 is 15.4 Å². The van der Waals surface area contributed by atoms with Crippen LogP contribution in [0.15, 0.2) is 48.9 Å². The summed E-state index contributed by atoms with van der Waals surface area (Å²) in [5.41, 5.74) is 5.89. The molecule has 2 aliphatic rings. The molecule has 10 nitrogen and oxygen atoms in total. The van der Waals surface area contributed by atoms with E-state index in [1.807, 2.05) is 42.2 Å². The van der Waals surface area contributed by atoms with Crippen LogP contribution in [-0.2, 0) is 12.8 Å². The van der Waals surface area contributed by atoms with Gasteiger partial charge in [-0.2, -0.15) is 5.10 Å². The topological polar surface area (TPSA) is 125 Å². The van der Waals surface area contributed by atoms with Crippen molar-refractivity contribution in [1.82, 2.24) is 25.1 Å². The molecule has 3 heterocycles. The Labute approximate surface area is 238 Å². The van der Waals surface area contributed by atoms with Crippen LogP contribution in [0.5, 0.6) is 5.75 Å². The number of carbonyl (C=O) groups is 2. The number of hydrogen-bond acceptors (Lipinski definition) is 6. The minimum atomic E-state index is -0.257. The molecule has 6 rings (SSSR count). The van der Waals surface area contributed by atoms with Crippen LogP contribution in [0.1, 0.15) is 59.4 Å². The van der Waals surface area contributed by atoms with Crippen molar-refractivity contribution in [3.8, 4) is 5.75 Å². The van der Waals surface area contributed by atoms with Gasteiger partial charge in [0.15, 0.2) is 0 Å². The zero-order chi connectivity index (χ0) is 28.3. The molecule has 2 aromatic heterocycles. The summed E-state index contributed by atoms with van der Waals surface area (Å²) in [5.74, 6) is 1.12. The molecule has 0 bridgehead atoms. The summed E-state index contributed by atoms with van der Waals surface area (Å²) in [6.45, 7) is 2.69. The van der Waals surface area contributed by atoms with Gasteiger partial charge in [-0.1, -0.05) is 0 Å². The van der Waals surface area contributed by atoms with Crippen molar-refractivity contribution in [2.24, 2.45) is 5.92 Å². The number of amides is 3. The predicted molar refractivity (Wildman–Crippen MR) is 157 cm³/mol. The Morgan fingerprint density at radius 2 is 1.98 bits per heavy atom. The Morgan fingerprint density at radius 1 is 1.12 bits per heavy atom. The lowest BCUT2D eigenvalue weighted by atomic mass is 9.82. The van der Waals surface area contributed by atoms with Crippen LogP contribution in [0.2, 0.25) is 0 Å². The number of urea groups is 1.